The van der Waals surface area contributed by atoms with Crippen molar-refractivity contribution >= 4 is 5.78 Å². The number of phenols is 1. The molecular formula is C31H38O17. The molecule has 4 heterocycles. The molecule has 0 amide bonds. The minimum Gasteiger partial charge on any atom is -0.507 e. The minimum atomic E-state index is -2.15. The highest BCUT2D eigenvalue weighted by Gasteiger charge is 2.55. The van der Waals surface area contributed by atoms with Gasteiger partial charge in [0.15, 0.2) is 24.5 Å². The zero-order chi connectivity index (χ0) is 34.4. The summed E-state index contributed by atoms with van der Waals surface area (Å²) in [4.78, 5) is 12.9. The second-order valence-electron chi connectivity index (χ2n) is 12.3. The molecule has 6 rings (SSSR count). The van der Waals surface area contributed by atoms with Gasteiger partial charge < -0.3 is 79.1 Å². The van der Waals surface area contributed by atoms with E-state index in [0.717, 1.165) is 11.6 Å². The molecule has 0 aliphatic carbocycles. The highest BCUT2D eigenvalue weighted by atomic mass is 16.8. The van der Waals surface area contributed by atoms with Crippen LogP contribution in [-0.4, -0.2) is 151 Å². The first-order valence-corrected chi connectivity index (χ1v) is 15.2. The Labute approximate surface area is 273 Å². The van der Waals surface area contributed by atoms with E-state index >= 15 is 0 Å². The van der Waals surface area contributed by atoms with Crippen LogP contribution in [0.4, 0.5) is 0 Å². The molecule has 0 bridgehead atoms. The molecule has 9 N–H and O–H groups in total. The molecule has 4 aliphatic heterocycles. The van der Waals surface area contributed by atoms with Crippen LogP contribution < -0.4 is 9.47 Å². The molecule has 0 saturated carbocycles. The van der Waals surface area contributed by atoms with Gasteiger partial charge in [0.1, 0.15) is 70.6 Å². The average Bonchev–Trinajstić information content (AvgIpc) is 3.53. The van der Waals surface area contributed by atoms with Crippen LogP contribution in [0, 0.1) is 0 Å². The molecule has 3 fully saturated rings. The summed E-state index contributed by atoms with van der Waals surface area (Å²) in [7, 11) is 0. The van der Waals surface area contributed by atoms with E-state index in [1.807, 2.05) is 6.07 Å². The molecule has 4 aliphatic rings. The van der Waals surface area contributed by atoms with E-state index in [2.05, 4.69) is 0 Å². The second-order valence-corrected chi connectivity index (χ2v) is 12.3. The Bertz CT molecular complexity index is 1440. The van der Waals surface area contributed by atoms with Gasteiger partial charge in [-0.1, -0.05) is 30.3 Å². The third kappa shape index (κ3) is 6.50. The fourth-order valence-corrected chi connectivity index (χ4v) is 5.98. The summed E-state index contributed by atoms with van der Waals surface area (Å²) in [6, 6.07) is 11.4. The van der Waals surface area contributed by atoms with Crippen molar-refractivity contribution < 1.29 is 83.9 Å². The predicted molar refractivity (Wildman–Crippen MR) is 155 cm³/mol. The average molecular weight is 683 g/mol. The Morgan fingerprint density at radius 1 is 0.875 bits per heavy atom. The smallest absolute Gasteiger partial charge is 0.229 e. The molecule has 264 valence electrons. The van der Waals surface area contributed by atoms with E-state index in [1.54, 1.807) is 24.3 Å². The van der Waals surface area contributed by atoms with Crippen LogP contribution in [0.15, 0.2) is 42.5 Å². The molecule has 48 heavy (non-hydrogen) atoms. The molecule has 2 aromatic rings. The lowest BCUT2D eigenvalue weighted by Crippen LogP contribution is -2.62. The number of carbonyl (C=O) groups excluding carboxylic acids is 1. The zero-order valence-corrected chi connectivity index (χ0v) is 25.3. The Morgan fingerprint density at radius 2 is 1.56 bits per heavy atom. The molecule has 5 unspecified atom stereocenters. The van der Waals surface area contributed by atoms with Crippen molar-refractivity contribution in [2.75, 3.05) is 33.0 Å². The van der Waals surface area contributed by atoms with E-state index in [1.165, 1.54) is 6.07 Å². The predicted octanol–water partition coefficient (Wildman–Crippen LogP) is -2.79. The number of fused-ring (bicyclic) bond motifs is 1. The topological polar surface area (TPSA) is 264 Å². The molecule has 12 atom stereocenters. The number of hydrogen-bond donors (Lipinski definition) is 9. The van der Waals surface area contributed by atoms with Crippen molar-refractivity contribution in [3.05, 3.63) is 53.6 Å². The number of Topliss-reactive ketones (excluding diaryl/α,β-unsaturated/α-hetero) is 1. The van der Waals surface area contributed by atoms with Gasteiger partial charge in [-0.3, -0.25) is 4.79 Å². The highest BCUT2D eigenvalue weighted by Crippen LogP contribution is 2.43. The van der Waals surface area contributed by atoms with Gasteiger partial charge in [0.2, 0.25) is 6.29 Å². The molecule has 17 nitrogen and oxygen atoms in total. The van der Waals surface area contributed by atoms with E-state index in [-0.39, 0.29) is 29.3 Å². The largest absolute Gasteiger partial charge is 0.507 e. The number of carbonyl (C=O) groups is 1. The maximum absolute atomic E-state index is 12.9. The van der Waals surface area contributed by atoms with Crippen molar-refractivity contribution in [2.45, 2.75) is 79.2 Å². The fourth-order valence-electron chi connectivity index (χ4n) is 5.98. The summed E-state index contributed by atoms with van der Waals surface area (Å²) in [5.74, 6) is -0.927. The summed E-state index contributed by atoms with van der Waals surface area (Å²) in [5.41, 5.74) is -3.46. The second kappa shape index (κ2) is 13.7. The summed E-state index contributed by atoms with van der Waals surface area (Å²) < 4.78 is 39.3. The van der Waals surface area contributed by atoms with E-state index in [0.29, 0.717) is 0 Å². The van der Waals surface area contributed by atoms with Gasteiger partial charge >= 0.3 is 0 Å². The van der Waals surface area contributed by atoms with E-state index in [4.69, 9.17) is 33.2 Å². The van der Waals surface area contributed by atoms with Crippen LogP contribution in [0.5, 0.6) is 17.2 Å². The van der Waals surface area contributed by atoms with Crippen molar-refractivity contribution in [1.82, 2.24) is 0 Å². The van der Waals surface area contributed by atoms with Gasteiger partial charge in [-0.25, -0.2) is 0 Å². The molecule has 2 aromatic carbocycles. The van der Waals surface area contributed by atoms with E-state index in [9.17, 15) is 50.8 Å². The quantitative estimate of drug-likeness (QED) is 0.123. The maximum Gasteiger partial charge on any atom is 0.229 e. The third-order valence-corrected chi connectivity index (χ3v) is 8.90. The van der Waals surface area contributed by atoms with Crippen LogP contribution in [0.3, 0.4) is 0 Å². The molecular weight excluding hydrogens is 644 g/mol. The number of ether oxygens (including phenoxy) is 7. The normalized spacial score (nSPS) is 39.6. The number of aliphatic hydroxyl groups is 8. The maximum atomic E-state index is 12.9. The van der Waals surface area contributed by atoms with Gasteiger partial charge in [0, 0.05) is 12.1 Å². The molecule has 0 aromatic heterocycles. The lowest BCUT2D eigenvalue weighted by molar-refractivity contribution is -0.319. The van der Waals surface area contributed by atoms with Gasteiger partial charge in [-0.15, -0.1) is 0 Å². The summed E-state index contributed by atoms with van der Waals surface area (Å²) in [6.45, 7) is -3.27. The molecule has 3 saturated heterocycles. The monoisotopic (exact) mass is 682 g/mol. The van der Waals surface area contributed by atoms with Crippen LogP contribution in [0.1, 0.15) is 28.4 Å². The van der Waals surface area contributed by atoms with Crippen molar-refractivity contribution in [3.63, 3.8) is 0 Å². The van der Waals surface area contributed by atoms with Gasteiger partial charge in [-0.05, 0) is 5.56 Å². The lowest BCUT2D eigenvalue weighted by Gasteiger charge is -2.42. The summed E-state index contributed by atoms with van der Waals surface area (Å²) in [6.07, 6.45) is -15.4. The van der Waals surface area contributed by atoms with Gasteiger partial charge in [-0.2, -0.15) is 0 Å². The minimum absolute atomic E-state index is 0.0103. The Morgan fingerprint density at radius 3 is 2.25 bits per heavy atom. The SMILES string of the molecule is O=C1CC(c2ccccc2)Oc2cc(O[C@@H]3OC(CO)[C@@H](O)[C@H](O)C3O[C@@H]3OCC(O)(CO[C@@H]4OCC(O)(CO)[C@@H]4O)[C@@H]3O)cc(O)c21. The highest BCUT2D eigenvalue weighted by molar-refractivity contribution is 6.02. The number of ketones is 1. The Kier molecular flexibility index (Phi) is 9.95. The fraction of sp³-hybridized carbons (Fsp3) is 0.581. The number of benzene rings is 2. The summed E-state index contributed by atoms with van der Waals surface area (Å²) >= 11 is 0. The lowest BCUT2D eigenvalue weighted by atomic mass is 9.95. The number of aliphatic hydroxyl groups excluding tert-OH is 6. The zero-order valence-electron chi connectivity index (χ0n) is 25.3. The first-order chi connectivity index (χ1) is 22.9. The standard InChI is InChI=1S/C31H38O17/c32-9-20-22(36)23(37)24(48-29-26(39)31(41,13-44-29)12-43-28-25(38)30(40,10-33)11-42-28)27(47-20)45-15-6-16(34)21-17(35)8-18(46-19(21)7-15)14-4-2-1-3-5-14/h1-7,18,20,22-29,32-34,36-41H,8-13H2/t18?,20?,22-,23+,24?,25-,26-,27-,28+,29+,30?,31?/m1/s1. The molecule has 0 spiro atoms. The molecule has 17 heteroatoms. The van der Waals surface area contributed by atoms with Crippen LogP contribution in [0.25, 0.3) is 0 Å². The third-order valence-electron chi connectivity index (χ3n) is 8.90. The Balaban J connectivity index is 1.18. The number of aromatic hydroxyl groups is 1. The molecule has 0 radical (unpaired) electrons. The first kappa shape index (κ1) is 34.8. The van der Waals surface area contributed by atoms with Gasteiger partial charge in [0.25, 0.3) is 0 Å². The van der Waals surface area contributed by atoms with Crippen molar-refractivity contribution in [2.24, 2.45) is 0 Å². The van der Waals surface area contributed by atoms with E-state index < -0.39 is 112 Å². The van der Waals surface area contributed by atoms with Crippen LogP contribution in [-0.2, 0) is 23.7 Å². The Hall–Kier alpha value is -3.01. The number of rotatable bonds is 10. The van der Waals surface area contributed by atoms with Crippen molar-refractivity contribution in [3.8, 4) is 17.2 Å². The van der Waals surface area contributed by atoms with Crippen molar-refractivity contribution in [1.29, 1.82) is 0 Å². The number of phenolic OH excluding ortho intramolecular Hbond substituents is 1. The van der Waals surface area contributed by atoms with Gasteiger partial charge in [0.05, 0.1) is 39.5 Å². The van der Waals surface area contributed by atoms with Crippen LogP contribution >= 0.6 is 0 Å². The summed E-state index contributed by atoms with van der Waals surface area (Å²) in [5, 5.41) is 93.7. The number of hydrogen-bond acceptors (Lipinski definition) is 17. The van der Waals surface area contributed by atoms with Crippen LogP contribution in [0.2, 0.25) is 0 Å². The first-order valence-electron chi connectivity index (χ1n) is 15.2.